The summed E-state index contributed by atoms with van der Waals surface area (Å²) in [5.41, 5.74) is 0.925. The molecule has 0 saturated heterocycles. The normalized spacial score (nSPS) is 18.6. The average molecular weight is 419 g/mol. The van der Waals surface area contributed by atoms with Crippen molar-refractivity contribution in [3.05, 3.63) is 22.8 Å². The van der Waals surface area contributed by atoms with Crippen LogP contribution in [-0.2, 0) is 20.7 Å². The Balaban J connectivity index is 1.49. The number of methoxy groups -OCH3 is 1. The first kappa shape index (κ1) is 21.3. The number of carbonyl (C=O) groups is 2. The third kappa shape index (κ3) is 6.26. The number of nitrogens with zero attached hydrogens (tertiary/aromatic N) is 4. The third-order valence-corrected chi connectivity index (χ3v) is 5.92. The Labute approximate surface area is 173 Å². The van der Waals surface area contributed by atoms with Gasteiger partial charge in [0.05, 0.1) is 18.7 Å². The molecule has 1 saturated carbocycles. The van der Waals surface area contributed by atoms with Crippen LogP contribution in [0.1, 0.15) is 55.6 Å². The number of anilines is 2. The van der Waals surface area contributed by atoms with E-state index >= 15 is 0 Å². The van der Waals surface area contributed by atoms with E-state index in [0.717, 1.165) is 36.4 Å². The summed E-state index contributed by atoms with van der Waals surface area (Å²) in [6.07, 6.45) is 4.73. The Morgan fingerprint density at radius 1 is 1.14 bits per heavy atom. The van der Waals surface area contributed by atoms with Gasteiger partial charge >= 0.3 is 0 Å². The highest BCUT2D eigenvalue weighted by Crippen LogP contribution is 2.41. The van der Waals surface area contributed by atoms with Gasteiger partial charge in [-0.25, -0.2) is 0 Å². The largest absolute Gasteiger partial charge is 0.384 e. The van der Waals surface area contributed by atoms with Crippen LogP contribution in [0.15, 0.2) is 12.1 Å². The number of amides is 2. The first-order chi connectivity index (χ1) is 14.1. The molecule has 10 heteroatoms. The van der Waals surface area contributed by atoms with Crippen molar-refractivity contribution < 1.29 is 14.3 Å². The quantitative estimate of drug-likeness (QED) is 0.642. The van der Waals surface area contributed by atoms with Crippen molar-refractivity contribution in [1.29, 1.82) is 0 Å². The predicted octanol–water partition coefficient (Wildman–Crippen LogP) is 2.78. The van der Waals surface area contributed by atoms with E-state index in [4.69, 9.17) is 4.74 Å². The zero-order valence-corrected chi connectivity index (χ0v) is 17.5. The maximum absolute atomic E-state index is 11.8. The molecule has 0 aliphatic heterocycles. The van der Waals surface area contributed by atoms with E-state index < -0.39 is 0 Å². The van der Waals surface area contributed by atoms with Gasteiger partial charge in [0.1, 0.15) is 5.01 Å². The minimum Gasteiger partial charge on any atom is -0.384 e. The van der Waals surface area contributed by atoms with Crippen molar-refractivity contribution >= 4 is 34.1 Å². The van der Waals surface area contributed by atoms with Crippen LogP contribution < -0.4 is 10.6 Å². The standard InChI is InChI=1S/C19H26N6O3S/c1-3-16(26)20-15-7-6-14(22-23-15)11-12-4-5-13(10-12)18-24-25-19(29-18)21-17(27)8-9-28-2/h6-7,12-13H,3-5,8-11H2,1-2H3,(H,20,23,26)(H,21,25,27)/t12-,13+/m1/s1. The lowest BCUT2D eigenvalue weighted by Gasteiger charge is -2.09. The molecule has 2 heterocycles. The summed E-state index contributed by atoms with van der Waals surface area (Å²) < 4.78 is 4.90. The minimum absolute atomic E-state index is 0.0722. The van der Waals surface area contributed by atoms with E-state index in [-0.39, 0.29) is 11.8 Å². The maximum Gasteiger partial charge on any atom is 0.228 e. The molecule has 3 rings (SSSR count). The number of nitrogens with one attached hydrogen (secondary N) is 2. The molecule has 2 aromatic heterocycles. The van der Waals surface area contributed by atoms with Gasteiger partial charge in [-0.1, -0.05) is 18.3 Å². The molecule has 9 nitrogen and oxygen atoms in total. The van der Waals surface area contributed by atoms with Crippen LogP contribution in [0.5, 0.6) is 0 Å². The highest BCUT2D eigenvalue weighted by molar-refractivity contribution is 7.15. The summed E-state index contributed by atoms with van der Waals surface area (Å²) in [6, 6.07) is 3.72. The van der Waals surface area contributed by atoms with Gasteiger partial charge in [0.15, 0.2) is 5.82 Å². The van der Waals surface area contributed by atoms with Crippen molar-refractivity contribution in [2.45, 2.75) is 51.4 Å². The average Bonchev–Trinajstić information content (AvgIpc) is 3.37. The highest BCUT2D eigenvalue weighted by Gasteiger charge is 2.29. The molecule has 2 aromatic rings. The Bertz CT molecular complexity index is 826. The zero-order chi connectivity index (χ0) is 20.6. The summed E-state index contributed by atoms with van der Waals surface area (Å²) in [5, 5.41) is 23.7. The second kappa shape index (κ2) is 10.4. The van der Waals surface area contributed by atoms with E-state index in [2.05, 4.69) is 31.0 Å². The molecule has 1 aliphatic carbocycles. The summed E-state index contributed by atoms with van der Waals surface area (Å²) in [4.78, 5) is 23.2. The molecule has 0 spiro atoms. The molecular formula is C19H26N6O3S. The van der Waals surface area contributed by atoms with Gasteiger partial charge < -0.3 is 15.4 Å². The second-order valence-electron chi connectivity index (χ2n) is 7.13. The molecule has 0 aromatic carbocycles. The summed E-state index contributed by atoms with van der Waals surface area (Å²) >= 11 is 1.45. The van der Waals surface area contributed by atoms with E-state index in [9.17, 15) is 9.59 Å². The lowest BCUT2D eigenvalue weighted by molar-refractivity contribution is -0.117. The van der Waals surface area contributed by atoms with Crippen LogP contribution in [0.4, 0.5) is 10.9 Å². The van der Waals surface area contributed by atoms with E-state index in [1.54, 1.807) is 20.1 Å². The Morgan fingerprint density at radius 3 is 2.72 bits per heavy atom. The fourth-order valence-electron chi connectivity index (χ4n) is 3.37. The van der Waals surface area contributed by atoms with Gasteiger partial charge in [0, 0.05) is 19.4 Å². The van der Waals surface area contributed by atoms with Gasteiger partial charge in [-0.15, -0.1) is 15.3 Å². The molecule has 0 unspecified atom stereocenters. The van der Waals surface area contributed by atoms with Crippen LogP contribution in [0, 0.1) is 5.92 Å². The monoisotopic (exact) mass is 418 g/mol. The van der Waals surface area contributed by atoms with Crippen LogP contribution in [0.2, 0.25) is 0 Å². The van der Waals surface area contributed by atoms with Crippen LogP contribution in [0.3, 0.4) is 0 Å². The zero-order valence-electron chi connectivity index (χ0n) is 16.7. The molecular weight excluding hydrogens is 392 g/mol. The summed E-state index contributed by atoms with van der Waals surface area (Å²) in [7, 11) is 1.57. The van der Waals surface area contributed by atoms with Crippen molar-refractivity contribution in [2.75, 3.05) is 24.4 Å². The van der Waals surface area contributed by atoms with Crippen molar-refractivity contribution in [3.63, 3.8) is 0 Å². The lowest BCUT2D eigenvalue weighted by Crippen LogP contribution is -2.13. The fraction of sp³-hybridized carbons (Fsp3) is 0.579. The van der Waals surface area contributed by atoms with Gasteiger partial charge in [0.2, 0.25) is 16.9 Å². The Morgan fingerprint density at radius 2 is 2.00 bits per heavy atom. The van der Waals surface area contributed by atoms with E-state index in [1.165, 1.54) is 11.3 Å². The summed E-state index contributed by atoms with van der Waals surface area (Å²) in [6.45, 7) is 2.18. The molecule has 29 heavy (non-hydrogen) atoms. The predicted molar refractivity (Wildman–Crippen MR) is 110 cm³/mol. The van der Waals surface area contributed by atoms with Crippen molar-refractivity contribution in [2.24, 2.45) is 5.92 Å². The van der Waals surface area contributed by atoms with Gasteiger partial charge in [-0.3, -0.25) is 9.59 Å². The Kier molecular flexibility index (Phi) is 7.59. The molecule has 2 amide bonds. The molecule has 0 radical (unpaired) electrons. The third-order valence-electron chi connectivity index (χ3n) is 4.92. The smallest absolute Gasteiger partial charge is 0.228 e. The SMILES string of the molecule is CCC(=O)Nc1ccc(C[C@@H]2CC[C@H](c3nnc(NC(=O)CCOC)s3)C2)nn1. The number of carbonyl (C=O) groups excluding carboxylic acids is 2. The van der Waals surface area contributed by atoms with Gasteiger partial charge in [-0.05, 0) is 43.7 Å². The number of rotatable bonds is 9. The Hall–Kier alpha value is -2.46. The maximum atomic E-state index is 11.8. The van der Waals surface area contributed by atoms with Gasteiger partial charge in [-0.2, -0.15) is 5.10 Å². The van der Waals surface area contributed by atoms with E-state index in [1.807, 2.05) is 6.07 Å². The van der Waals surface area contributed by atoms with Crippen LogP contribution >= 0.6 is 11.3 Å². The minimum atomic E-state index is -0.115. The van der Waals surface area contributed by atoms with Gasteiger partial charge in [0.25, 0.3) is 0 Å². The molecule has 156 valence electrons. The molecule has 2 atom stereocenters. The number of hydrogen-bond acceptors (Lipinski definition) is 8. The molecule has 2 N–H and O–H groups in total. The van der Waals surface area contributed by atoms with Crippen LogP contribution in [0.25, 0.3) is 0 Å². The fourth-order valence-corrected chi connectivity index (χ4v) is 4.28. The number of hydrogen-bond donors (Lipinski definition) is 2. The number of ether oxygens (including phenoxy) is 1. The number of aromatic nitrogens is 4. The highest BCUT2D eigenvalue weighted by atomic mass is 32.1. The van der Waals surface area contributed by atoms with Crippen molar-refractivity contribution in [3.8, 4) is 0 Å². The topological polar surface area (TPSA) is 119 Å². The molecule has 1 aliphatic rings. The first-order valence-electron chi connectivity index (χ1n) is 9.82. The van der Waals surface area contributed by atoms with Crippen LogP contribution in [-0.4, -0.2) is 45.9 Å². The summed E-state index contributed by atoms with van der Waals surface area (Å²) in [5.74, 6) is 1.17. The molecule has 1 fully saturated rings. The molecule has 0 bridgehead atoms. The second-order valence-corrected chi connectivity index (χ2v) is 8.14. The lowest BCUT2D eigenvalue weighted by atomic mass is 10.00. The van der Waals surface area contributed by atoms with Crippen molar-refractivity contribution in [1.82, 2.24) is 20.4 Å². The van der Waals surface area contributed by atoms with E-state index in [0.29, 0.717) is 42.2 Å². The first-order valence-corrected chi connectivity index (χ1v) is 10.6.